The van der Waals surface area contributed by atoms with Crippen molar-refractivity contribution in [1.29, 1.82) is 0 Å². The number of sulfonamides is 1. The van der Waals surface area contributed by atoms with Crippen molar-refractivity contribution < 1.29 is 22.4 Å². The molecule has 1 N–H and O–H groups in total. The molecule has 0 heterocycles. The number of halogens is 1. The third-order valence-electron chi connectivity index (χ3n) is 4.66. The Kier molecular flexibility index (Phi) is 8.72. The molecule has 32 heavy (non-hydrogen) atoms. The molecule has 0 aliphatic carbocycles. The molecule has 0 fully saturated rings. The molecule has 1 unspecified atom stereocenters. The highest BCUT2D eigenvalue weighted by Gasteiger charge is 2.34. The summed E-state index contributed by atoms with van der Waals surface area (Å²) in [5, 5.41) is 0.900. The second-order valence-corrected chi connectivity index (χ2v) is 9.75. The molecule has 0 saturated heterocycles. The molecular formula is C24H29FN2O4S. The minimum absolute atomic E-state index is 0.0421. The number of benzene rings is 2. The van der Waals surface area contributed by atoms with Crippen LogP contribution in [0.2, 0.25) is 0 Å². The zero-order valence-corrected chi connectivity index (χ0v) is 19.5. The second-order valence-electron chi connectivity index (χ2n) is 8.19. The fraction of sp³-hybridized carbons (Fsp3) is 0.333. The lowest BCUT2D eigenvalue weighted by Gasteiger charge is -2.31. The van der Waals surface area contributed by atoms with Gasteiger partial charge in [0, 0.05) is 11.7 Å². The Hall–Kier alpha value is -3.00. The quantitative estimate of drug-likeness (QED) is 0.564. The molecule has 2 rings (SSSR count). The lowest BCUT2D eigenvalue weighted by atomic mass is 9.94. The summed E-state index contributed by atoms with van der Waals surface area (Å²) in [5.74, 6) is -3.14. The molecule has 172 valence electrons. The highest BCUT2D eigenvalue weighted by molar-refractivity contribution is 7.93. The predicted molar refractivity (Wildman–Crippen MR) is 125 cm³/mol. The largest absolute Gasteiger partial charge is 0.309 e. The minimum atomic E-state index is -4.11. The van der Waals surface area contributed by atoms with Crippen LogP contribution in [0.4, 0.5) is 10.1 Å². The second kappa shape index (κ2) is 11.0. The van der Waals surface area contributed by atoms with Crippen molar-refractivity contribution in [2.24, 2.45) is 11.8 Å². The van der Waals surface area contributed by atoms with Crippen LogP contribution in [0, 0.1) is 17.7 Å². The standard InChI is InChI=1S/C24H29FN2O4S/c1-17(2)16-22(24(29)27(18(3)4)21-12-10-20(25)11-13-21)23(28)26-32(30,31)15-14-19-8-6-5-7-9-19/h5-15,17-18,22H,16H2,1-4H3,(H,26,28). The van der Waals surface area contributed by atoms with Crippen molar-refractivity contribution in [3.05, 3.63) is 71.4 Å². The fourth-order valence-corrected chi connectivity index (χ4v) is 4.05. The van der Waals surface area contributed by atoms with E-state index < -0.39 is 33.6 Å². The first-order chi connectivity index (χ1) is 15.0. The highest BCUT2D eigenvalue weighted by atomic mass is 32.2. The minimum Gasteiger partial charge on any atom is -0.309 e. The number of nitrogens with one attached hydrogen (secondary N) is 1. The smallest absolute Gasteiger partial charge is 0.257 e. The Morgan fingerprint density at radius 2 is 1.59 bits per heavy atom. The molecule has 2 aromatic carbocycles. The SMILES string of the molecule is CC(C)CC(C(=O)NS(=O)(=O)C=Cc1ccccc1)C(=O)N(c1ccc(F)cc1)C(C)C. The highest BCUT2D eigenvalue weighted by Crippen LogP contribution is 2.24. The van der Waals surface area contributed by atoms with E-state index in [-0.39, 0.29) is 18.4 Å². The van der Waals surface area contributed by atoms with Gasteiger partial charge in [0.05, 0.1) is 5.41 Å². The van der Waals surface area contributed by atoms with E-state index in [0.717, 1.165) is 5.41 Å². The molecule has 0 bridgehead atoms. The molecule has 0 aromatic heterocycles. The third kappa shape index (κ3) is 7.30. The Morgan fingerprint density at radius 1 is 1.00 bits per heavy atom. The van der Waals surface area contributed by atoms with Gasteiger partial charge in [0.25, 0.3) is 10.0 Å². The maximum Gasteiger partial charge on any atom is 0.257 e. The molecular weight excluding hydrogens is 431 g/mol. The molecule has 2 amide bonds. The molecule has 0 aliphatic rings. The third-order valence-corrected chi connectivity index (χ3v) is 5.64. The van der Waals surface area contributed by atoms with Crippen LogP contribution in [0.5, 0.6) is 0 Å². The van der Waals surface area contributed by atoms with E-state index in [4.69, 9.17) is 0 Å². The number of anilines is 1. The number of carbonyl (C=O) groups is 2. The average Bonchev–Trinajstić information content (AvgIpc) is 2.72. The van der Waals surface area contributed by atoms with Crippen LogP contribution < -0.4 is 9.62 Å². The average molecular weight is 461 g/mol. The van der Waals surface area contributed by atoms with Gasteiger partial charge in [0.1, 0.15) is 11.7 Å². The van der Waals surface area contributed by atoms with Crippen LogP contribution in [-0.4, -0.2) is 26.3 Å². The Balaban J connectivity index is 2.28. The van der Waals surface area contributed by atoms with Gasteiger partial charge in [0.15, 0.2) is 0 Å². The van der Waals surface area contributed by atoms with Gasteiger partial charge in [-0.05, 0) is 62.1 Å². The van der Waals surface area contributed by atoms with Crippen LogP contribution in [0.3, 0.4) is 0 Å². The van der Waals surface area contributed by atoms with Crippen LogP contribution in [0.15, 0.2) is 60.0 Å². The summed E-state index contributed by atoms with van der Waals surface area (Å²) in [4.78, 5) is 27.7. The first-order valence-corrected chi connectivity index (χ1v) is 11.9. The molecule has 0 radical (unpaired) electrons. The fourth-order valence-electron chi connectivity index (χ4n) is 3.22. The summed E-state index contributed by atoms with van der Waals surface area (Å²) in [6.07, 6.45) is 1.53. The Bertz CT molecular complexity index is 1050. The van der Waals surface area contributed by atoms with Crippen LogP contribution in [-0.2, 0) is 19.6 Å². The van der Waals surface area contributed by atoms with Gasteiger partial charge in [-0.2, -0.15) is 0 Å². The van der Waals surface area contributed by atoms with Crippen molar-refractivity contribution in [3.8, 4) is 0 Å². The normalized spacial score (nSPS) is 12.8. The van der Waals surface area contributed by atoms with Gasteiger partial charge < -0.3 is 4.90 Å². The van der Waals surface area contributed by atoms with Gasteiger partial charge in [-0.1, -0.05) is 44.2 Å². The monoisotopic (exact) mass is 460 g/mol. The Labute approximate surface area is 189 Å². The topological polar surface area (TPSA) is 83.5 Å². The number of hydrogen-bond acceptors (Lipinski definition) is 4. The number of rotatable bonds is 9. The van der Waals surface area contributed by atoms with Gasteiger partial charge in [-0.15, -0.1) is 0 Å². The first kappa shape index (κ1) is 25.3. The molecule has 2 aromatic rings. The predicted octanol–water partition coefficient (Wildman–Crippen LogP) is 4.35. The lowest BCUT2D eigenvalue weighted by Crippen LogP contribution is -2.48. The van der Waals surface area contributed by atoms with Crippen LogP contribution in [0.1, 0.15) is 39.7 Å². The summed E-state index contributed by atoms with van der Waals surface area (Å²) < 4.78 is 40.3. The van der Waals surface area contributed by atoms with E-state index in [1.165, 1.54) is 35.2 Å². The maximum atomic E-state index is 13.4. The Morgan fingerprint density at radius 3 is 2.12 bits per heavy atom. The number of carbonyl (C=O) groups excluding carboxylic acids is 2. The van der Waals surface area contributed by atoms with E-state index in [9.17, 15) is 22.4 Å². The maximum absolute atomic E-state index is 13.4. The zero-order valence-electron chi connectivity index (χ0n) is 18.7. The van der Waals surface area contributed by atoms with E-state index >= 15 is 0 Å². The first-order valence-electron chi connectivity index (χ1n) is 10.4. The number of hydrogen-bond donors (Lipinski definition) is 1. The van der Waals surface area contributed by atoms with Gasteiger partial charge in [-0.3, -0.25) is 9.59 Å². The molecule has 0 aliphatic heterocycles. The van der Waals surface area contributed by atoms with Gasteiger partial charge in [0.2, 0.25) is 11.8 Å². The summed E-state index contributed by atoms with van der Waals surface area (Å²) in [5.41, 5.74) is 1.09. The summed E-state index contributed by atoms with van der Waals surface area (Å²) >= 11 is 0. The van der Waals surface area contributed by atoms with Crippen molar-refractivity contribution in [1.82, 2.24) is 4.72 Å². The van der Waals surface area contributed by atoms with E-state index in [1.54, 1.807) is 44.2 Å². The van der Waals surface area contributed by atoms with Crippen molar-refractivity contribution in [3.63, 3.8) is 0 Å². The van der Waals surface area contributed by atoms with Gasteiger partial charge in [-0.25, -0.2) is 17.5 Å². The number of nitrogens with zero attached hydrogens (tertiary/aromatic N) is 1. The van der Waals surface area contributed by atoms with Crippen LogP contribution >= 0.6 is 0 Å². The molecule has 1 atom stereocenters. The molecule has 6 nitrogen and oxygen atoms in total. The van der Waals surface area contributed by atoms with Crippen molar-refractivity contribution >= 4 is 33.6 Å². The summed E-state index contributed by atoms with van der Waals surface area (Å²) in [6.45, 7) is 7.22. The molecule has 8 heteroatoms. The lowest BCUT2D eigenvalue weighted by molar-refractivity contribution is -0.133. The molecule has 0 saturated carbocycles. The van der Waals surface area contributed by atoms with E-state index in [0.29, 0.717) is 11.3 Å². The molecule has 0 spiro atoms. The summed E-state index contributed by atoms with van der Waals surface area (Å²) in [7, 11) is -4.11. The summed E-state index contributed by atoms with van der Waals surface area (Å²) in [6, 6.07) is 13.8. The van der Waals surface area contributed by atoms with E-state index in [2.05, 4.69) is 0 Å². The van der Waals surface area contributed by atoms with Gasteiger partial charge >= 0.3 is 0 Å². The van der Waals surface area contributed by atoms with Crippen molar-refractivity contribution in [2.45, 2.75) is 40.2 Å². The van der Waals surface area contributed by atoms with Crippen LogP contribution in [0.25, 0.3) is 6.08 Å². The zero-order chi connectivity index (χ0) is 23.9. The van der Waals surface area contributed by atoms with Crippen molar-refractivity contribution in [2.75, 3.05) is 4.90 Å². The van der Waals surface area contributed by atoms with E-state index in [1.807, 2.05) is 18.6 Å². The number of amides is 2.